The molecule has 7 nitrogen and oxygen atoms in total. The molecule has 11 heteroatoms. The van der Waals surface area contributed by atoms with E-state index < -0.39 is 37.8 Å². The van der Waals surface area contributed by atoms with Crippen LogP contribution in [-0.4, -0.2) is 30.0 Å². The SMILES string of the molecule is Cc1ccc(S(=O)(=O)c2cnc(SCC(=O)Nc3cc(F)ccc3F)[nH]c2=O)cc1. The van der Waals surface area contributed by atoms with Crippen LogP contribution in [0.5, 0.6) is 0 Å². The van der Waals surface area contributed by atoms with E-state index in [-0.39, 0.29) is 21.5 Å². The predicted octanol–water partition coefficient (Wildman–Crippen LogP) is 2.92. The second kappa shape index (κ2) is 8.76. The Balaban J connectivity index is 1.71. The van der Waals surface area contributed by atoms with E-state index >= 15 is 0 Å². The third kappa shape index (κ3) is 4.92. The van der Waals surface area contributed by atoms with Crippen molar-refractivity contribution in [3.8, 4) is 0 Å². The summed E-state index contributed by atoms with van der Waals surface area (Å²) in [5.41, 5.74) is -0.338. The fourth-order valence-corrected chi connectivity index (χ4v) is 4.26. The third-order valence-electron chi connectivity index (χ3n) is 3.91. The molecule has 0 aliphatic carbocycles. The minimum atomic E-state index is -4.06. The van der Waals surface area contributed by atoms with E-state index in [4.69, 9.17) is 0 Å². The van der Waals surface area contributed by atoms with Gasteiger partial charge in [-0.3, -0.25) is 9.59 Å². The lowest BCUT2D eigenvalue weighted by atomic mass is 10.2. The maximum Gasteiger partial charge on any atom is 0.270 e. The van der Waals surface area contributed by atoms with Crippen LogP contribution in [0.4, 0.5) is 14.5 Å². The van der Waals surface area contributed by atoms with Crippen LogP contribution < -0.4 is 10.9 Å². The number of nitrogens with zero attached hydrogens (tertiary/aromatic N) is 1. The highest BCUT2D eigenvalue weighted by Crippen LogP contribution is 2.20. The van der Waals surface area contributed by atoms with Gasteiger partial charge in [-0.15, -0.1) is 0 Å². The molecule has 0 aliphatic heterocycles. The number of aryl methyl sites for hydroxylation is 1. The van der Waals surface area contributed by atoms with Crippen LogP contribution in [0.1, 0.15) is 5.56 Å². The zero-order valence-electron chi connectivity index (χ0n) is 15.5. The van der Waals surface area contributed by atoms with Gasteiger partial charge in [-0.1, -0.05) is 29.5 Å². The molecule has 3 rings (SSSR count). The van der Waals surface area contributed by atoms with Gasteiger partial charge in [0.1, 0.15) is 11.6 Å². The van der Waals surface area contributed by atoms with Gasteiger partial charge in [-0.2, -0.15) is 0 Å². The smallest absolute Gasteiger partial charge is 0.270 e. The molecule has 0 saturated carbocycles. The maximum absolute atomic E-state index is 13.6. The second-order valence-corrected chi connectivity index (χ2v) is 9.04. The molecule has 2 aromatic carbocycles. The molecule has 0 aliphatic rings. The Morgan fingerprint density at radius 2 is 1.87 bits per heavy atom. The van der Waals surface area contributed by atoms with Crippen molar-refractivity contribution in [2.24, 2.45) is 0 Å². The monoisotopic (exact) mass is 451 g/mol. The van der Waals surface area contributed by atoms with Gasteiger partial charge in [0.25, 0.3) is 5.56 Å². The number of carbonyl (C=O) groups excluding carboxylic acids is 1. The number of anilines is 1. The summed E-state index contributed by atoms with van der Waals surface area (Å²) < 4.78 is 51.9. The molecule has 0 unspecified atom stereocenters. The quantitative estimate of drug-likeness (QED) is 0.441. The molecule has 30 heavy (non-hydrogen) atoms. The first-order chi connectivity index (χ1) is 14.2. The van der Waals surface area contributed by atoms with Crippen molar-refractivity contribution in [1.82, 2.24) is 9.97 Å². The van der Waals surface area contributed by atoms with E-state index in [1.807, 2.05) is 0 Å². The number of hydrogen-bond acceptors (Lipinski definition) is 6. The highest BCUT2D eigenvalue weighted by atomic mass is 32.2. The molecule has 0 saturated heterocycles. The van der Waals surface area contributed by atoms with Crippen LogP contribution in [0.25, 0.3) is 0 Å². The summed E-state index contributed by atoms with van der Waals surface area (Å²) in [6.45, 7) is 1.80. The average Bonchev–Trinajstić information content (AvgIpc) is 2.69. The molecule has 0 radical (unpaired) electrons. The van der Waals surface area contributed by atoms with Crippen molar-refractivity contribution in [2.45, 2.75) is 21.9 Å². The van der Waals surface area contributed by atoms with Gasteiger partial charge < -0.3 is 10.3 Å². The molecule has 0 fully saturated rings. The Hall–Kier alpha value is -3.05. The normalized spacial score (nSPS) is 11.3. The van der Waals surface area contributed by atoms with Gasteiger partial charge >= 0.3 is 0 Å². The molecule has 0 bridgehead atoms. The van der Waals surface area contributed by atoms with Crippen molar-refractivity contribution < 1.29 is 22.0 Å². The number of benzene rings is 2. The second-order valence-electron chi connectivity index (χ2n) is 6.16. The lowest BCUT2D eigenvalue weighted by Gasteiger charge is -2.07. The third-order valence-corrected chi connectivity index (χ3v) is 6.56. The first kappa shape index (κ1) is 21.7. The summed E-state index contributed by atoms with van der Waals surface area (Å²) in [6.07, 6.45) is 0.917. The summed E-state index contributed by atoms with van der Waals surface area (Å²) >= 11 is 0.799. The molecule has 0 atom stereocenters. The number of aromatic amines is 1. The van der Waals surface area contributed by atoms with Crippen molar-refractivity contribution in [2.75, 3.05) is 11.1 Å². The van der Waals surface area contributed by atoms with Gasteiger partial charge in [0.15, 0.2) is 10.1 Å². The molecule has 156 valence electrons. The number of hydrogen-bond donors (Lipinski definition) is 2. The number of rotatable bonds is 6. The van der Waals surface area contributed by atoms with Crippen LogP contribution >= 0.6 is 11.8 Å². The van der Waals surface area contributed by atoms with Crippen molar-refractivity contribution in [3.63, 3.8) is 0 Å². The molecular formula is C19H15F2N3O4S2. The lowest BCUT2D eigenvalue weighted by molar-refractivity contribution is -0.113. The van der Waals surface area contributed by atoms with Gasteiger partial charge in [-0.05, 0) is 31.2 Å². The summed E-state index contributed by atoms with van der Waals surface area (Å²) in [4.78, 5) is 29.8. The van der Waals surface area contributed by atoms with Gasteiger partial charge in [0.2, 0.25) is 15.7 Å². The maximum atomic E-state index is 13.6. The van der Waals surface area contributed by atoms with Gasteiger partial charge in [-0.25, -0.2) is 22.2 Å². The number of thioether (sulfide) groups is 1. The van der Waals surface area contributed by atoms with Crippen LogP contribution in [0, 0.1) is 18.6 Å². The molecule has 3 aromatic rings. The number of aromatic nitrogens is 2. The number of carbonyl (C=O) groups is 1. The number of H-pyrrole nitrogens is 1. The number of nitrogens with one attached hydrogen (secondary N) is 2. The summed E-state index contributed by atoms with van der Waals surface area (Å²) in [5.74, 6) is -2.45. The Bertz CT molecular complexity index is 1260. The Kier molecular flexibility index (Phi) is 6.32. The first-order valence-corrected chi connectivity index (χ1v) is 10.9. The van der Waals surface area contributed by atoms with Crippen LogP contribution in [0.15, 0.2) is 68.4 Å². The largest absolute Gasteiger partial charge is 0.323 e. The van der Waals surface area contributed by atoms with Crippen molar-refractivity contribution in [1.29, 1.82) is 0 Å². The topological polar surface area (TPSA) is 109 Å². The summed E-state index contributed by atoms with van der Waals surface area (Å²) in [5, 5.41) is 2.21. The lowest BCUT2D eigenvalue weighted by Crippen LogP contribution is -2.20. The average molecular weight is 451 g/mol. The molecule has 1 amide bonds. The van der Waals surface area contributed by atoms with Crippen LogP contribution in [0.3, 0.4) is 0 Å². The molecule has 1 heterocycles. The Morgan fingerprint density at radius 3 is 2.53 bits per heavy atom. The van der Waals surface area contributed by atoms with Crippen molar-refractivity contribution in [3.05, 3.63) is 76.2 Å². The van der Waals surface area contributed by atoms with E-state index in [0.29, 0.717) is 0 Å². The van der Waals surface area contributed by atoms with E-state index in [1.165, 1.54) is 12.1 Å². The zero-order chi connectivity index (χ0) is 21.9. The first-order valence-electron chi connectivity index (χ1n) is 8.45. The minimum absolute atomic E-state index is 0.00211. The molecular weight excluding hydrogens is 436 g/mol. The van der Waals surface area contributed by atoms with E-state index in [2.05, 4.69) is 15.3 Å². The highest BCUT2D eigenvalue weighted by Gasteiger charge is 2.22. The van der Waals surface area contributed by atoms with Crippen molar-refractivity contribution >= 4 is 33.2 Å². The van der Waals surface area contributed by atoms with E-state index in [9.17, 15) is 26.8 Å². The zero-order valence-corrected chi connectivity index (χ0v) is 17.1. The number of sulfone groups is 1. The van der Waals surface area contributed by atoms with Gasteiger partial charge in [0, 0.05) is 6.07 Å². The minimum Gasteiger partial charge on any atom is -0.323 e. The van der Waals surface area contributed by atoms with Crippen LogP contribution in [0.2, 0.25) is 0 Å². The van der Waals surface area contributed by atoms with Gasteiger partial charge in [0.05, 0.1) is 22.5 Å². The molecule has 0 spiro atoms. The summed E-state index contributed by atoms with van der Waals surface area (Å²) in [7, 11) is -4.06. The Morgan fingerprint density at radius 1 is 1.17 bits per heavy atom. The fraction of sp³-hybridized carbons (Fsp3) is 0.105. The summed E-state index contributed by atoms with van der Waals surface area (Å²) in [6, 6.07) is 8.64. The van der Waals surface area contributed by atoms with Crippen LogP contribution in [-0.2, 0) is 14.6 Å². The molecule has 1 aromatic heterocycles. The number of halogens is 2. The molecule has 2 N–H and O–H groups in total. The van der Waals surface area contributed by atoms with E-state index in [1.54, 1.807) is 19.1 Å². The Labute approximate surface area is 174 Å². The number of amides is 1. The standard InChI is InChI=1S/C19H15F2N3O4S2/c1-11-2-5-13(6-3-11)30(27,28)16-9-22-19(24-18(16)26)29-10-17(25)23-15-8-12(20)4-7-14(15)21/h2-9H,10H2,1H3,(H,23,25)(H,22,24,26). The fourth-order valence-electron chi connectivity index (χ4n) is 2.39. The highest BCUT2D eigenvalue weighted by molar-refractivity contribution is 7.99. The van der Waals surface area contributed by atoms with E-state index in [0.717, 1.165) is 41.7 Å². The predicted molar refractivity (Wildman–Crippen MR) is 107 cm³/mol.